The molecule has 1 aromatic rings. The first-order valence-electron chi connectivity index (χ1n) is 8.66. The molecule has 2 aliphatic rings. The van der Waals surface area contributed by atoms with Crippen molar-refractivity contribution in [3.8, 4) is 0 Å². The topological polar surface area (TPSA) is 44.8 Å². The van der Waals surface area contributed by atoms with Crippen LogP contribution in [-0.4, -0.2) is 60.8 Å². The molecule has 2 unspecified atom stereocenters. The standard InChI is InChI=1S/C18H27N3O2/c1-15(17-8-5-13-23-17)19-18(22)21-11-9-20(10-12-21)14-16-6-3-2-4-7-16/h2-4,6-7,15,17H,5,8-14H2,1H3,(H,19,22). The zero-order valence-electron chi connectivity index (χ0n) is 13.9. The van der Waals surface area contributed by atoms with Crippen LogP contribution in [0, 0.1) is 0 Å². The molecule has 2 heterocycles. The van der Waals surface area contributed by atoms with Gasteiger partial charge in [-0.15, -0.1) is 0 Å². The summed E-state index contributed by atoms with van der Waals surface area (Å²) in [5, 5.41) is 3.10. The van der Waals surface area contributed by atoms with Crippen molar-refractivity contribution in [2.75, 3.05) is 32.8 Å². The Morgan fingerprint density at radius 3 is 2.65 bits per heavy atom. The lowest BCUT2D eigenvalue weighted by Crippen LogP contribution is -2.54. The third-order valence-electron chi connectivity index (χ3n) is 4.78. The molecule has 1 N–H and O–H groups in total. The molecule has 23 heavy (non-hydrogen) atoms. The summed E-state index contributed by atoms with van der Waals surface area (Å²) in [7, 11) is 0. The molecular formula is C18H27N3O2. The SMILES string of the molecule is CC(NC(=O)N1CCN(Cc2ccccc2)CC1)C1CCCO1. The zero-order chi connectivity index (χ0) is 16.1. The van der Waals surface area contributed by atoms with Crippen molar-refractivity contribution in [2.24, 2.45) is 0 Å². The normalized spacial score (nSPS) is 23.7. The highest BCUT2D eigenvalue weighted by Gasteiger charge is 2.27. The van der Waals surface area contributed by atoms with E-state index in [-0.39, 0.29) is 18.2 Å². The highest BCUT2D eigenvalue weighted by Crippen LogP contribution is 2.16. The highest BCUT2D eigenvalue weighted by atomic mass is 16.5. The van der Waals surface area contributed by atoms with Crippen LogP contribution in [0.5, 0.6) is 0 Å². The molecule has 0 saturated carbocycles. The van der Waals surface area contributed by atoms with Crippen molar-refractivity contribution in [2.45, 2.75) is 38.5 Å². The van der Waals surface area contributed by atoms with Crippen LogP contribution in [0.15, 0.2) is 30.3 Å². The number of carbonyl (C=O) groups excluding carboxylic acids is 1. The predicted molar refractivity (Wildman–Crippen MR) is 90.3 cm³/mol. The first kappa shape index (κ1) is 16.3. The molecule has 0 aliphatic carbocycles. The first-order valence-corrected chi connectivity index (χ1v) is 8.66. The lowest BCUT2D eigenvalue weighted by atomic mass is 10.1. The third kappa shape index (κ3) is 4.45. The van der Waals surface area contributed by atoms with Crippen LogP contribution in [-0.2, 0) is 11.3 Å². The molecule has 2 aliphatic heterocycles. The van der Waals surface area contributed by atoms with Gasteiger partial charge in [0.2, 0.25) is 0 Å². The smallest absolute Gasteiger partial charge is 0.317 e. The lowest BCUT2D eigenvalue weighted by Gasteiger charge is -2.35. The molecular weight excluding hydrogens is 290 g/mol. The molecule has 2 saturated heterocycles. The second kappa shape index (κ2) is 7.79. The summed E-state index contributed by atoms with van der Waals surface area (Å²) in [6.45, 7) is 7.26. The van der Waals surface area contributed by atoms with Gasteiger partial charge in [-0.05, 0) is 25.3 Å². The minimum atomic E-state index is 0.0485. The Bertz CT molecular complexity index is 494. The summed E-state index contributed by atoms with van der Waals surface area (Å²) in [6.07, 6.45) is 2.33. The summed E-state index contributed by atoms with van der Waals surface area (Å²) in [5.41, 5.74) is 1.33. The number of benzene rings is 1. The molecule has 2 amide bonds. The van der Waals surface area contributed by atoms with E-state index >= 15 is 0 Å². The van der Waals surface area contributed by atoms with Crippen molar-refractivity contribution in [3.05, 3.63) is 35.9 Å². The minimum absolute atomic E-state index is 0.0485. The van der Waals surface area contributed by atoms with Gasteiger partial charge in [-0.2, -0.15) is 0 Å². The minimum Gasteiger partial charge on any atom is -0.376 e. The van der Waals surface area contributed by atoms with Gasteiger partial charge in [0.05, 0.1) is 12.1 Å². The van der Waals surface area contributed by atoms with E-state index in [1.807, 2.05) is 17.9 Å². The maximum Gasteiger partial charge on any atom is 0.317 e. The summed E-state index contributed by atoms with van der Waals surface area (Å²) in [6, 6.07) is 10.6. The Morgan fingerprint density at radius 2 is 2.00 bits per heavy atom. The Balaban J connectivity index is 1.42. The fraction of sp³-hybridized carbons (Fsp3) is 0.611. The van der Waals surface area contributed by atoms with Crippen LogP contribution in [0.3, 0.4) is 0 Å². The van der Waals surface area contributed by atoms with Crippen molar-refractivity contribution in [1.82, 2.24) is 15.1 Å². The third-order valence-corrected chi connectivity index (χ3v) is 4.78. The second-order valence-electron chi connectivity index (χ2n) is 6.54. The van der Waals surface area contributed by atoms with Crippen LogP contribution in [0.25, 0.3) is 0 Å². The Kier molecular flexibility index (Phi) is 5.51. The number of rotatable bonds is 4. The Morgan fingerprint density at radius 1 is 1.26 bits per heavy atom. The Labute approximate surface area is 138 Å². The van der Waals surface area contributed by atoms with Gasteiger partial charge in [-0.25, -0.2) is 4.79 Å². The number of hydrogen-bond acceptors (Lipinski definition) is 3. The van der Waals surface area contributed by atoms with E-state index in [1.54, 1.807) is 0 Å². The summed E-state index contributed by atoms with van der Waals surface area (Å²) in [5.74, 6) is 0. The highest BCUT2D eigenvalue weighted by molar-refractivity contribution is 5.74. The van der Waals surface area contributed by atoms with Crippen LogP contribution in [0.1, 0.15) is 25.3 Å². The molecule has 0 spiro atoms. The molecule has 0 aromatic heterocycles. The van der Waals surface area contributed by atoms with E-state index in [0.29, 0.717) is 0 Å². The maximum absolute atomic E-state index is 12.4. The van der Waals surface area contributed by atoms with Gasteiger partial charge in [0.15, 0.2) is 0 Å². The van der Waals surface area contributed by atoms with Gasteiger partial charge in [-0.3, -0.25) is 4.90 Å². The molecule has 126 valence electrons. The number of carbonyl (C=O) groups is 1. The number of amides is 2. The monoisotopic (exact) mass is 317 g/mol. The summed E-state index contributed by atoms with van der Waals surface area (Å²) < 4.78 is 5.64. The van der Waals surface area contributed by atoms with Gasteiger partial charge in [-0.1, -0.05) is 30.3 Å². The molecule has 0 radical (unpaired) electrons. The molecule has 0 bridgehead atoms. The number of piperazine rings is 1. The quantitative estimate of drug-likeness (QED) is 0.925. The van der Waals surface area contributed by atoms with E-state index in [1.165, 1.54) is 5.56 Å². The largest absolute Gasteiger partial charge is 0.376 e. The van der Waals surface area contributed by atoms with Gasteiger partial charge < -0.3 is 15.0 Å². The number of urea groups is 1. The molecule has 5 nitrogen and oxygen atoms in total. The van der Waals surface area contributed by atoms with Gasteiger partial charge in [0.25, 0.3) is 0 Å². The predicted octanol–water partition coefficient (Wildman–Crippen LogP) is 2.08. The molecule has 3 rings (SSSR count). The number of nitrogens with zero attached hydrogens (tertiary/aromatic N) is 2. The van der Waals surface area contributed by atoms with Gasteiger partial charge in [0, 0.05) is 39.3 Å². The molecule has 1 aromatic carbocycles. The maximum atomic E-state index is 12.4. The van der Waals surface area contributed by atoms with E-state index in [2.05, 4.69) is 34.5 Å². The first-order chi connectivity index (χ1) is 11.2. The van der Waals surface area contributed by atoms with Crippen molar-refractivity contribution < 1.29 is 9.53 Å². The number of hydrogen-bond donors (Lipinski definition) is 1. The molecule has 2 atom stereocenters. The van der Waals surface area contributed by atoms with Crippen LogP contribution < -0.4 is 5.32 Å². The van der Waals surface area contributed by atoms with Crippen molar-refractivity contribution in [1.29, 1.82) is 0 Å². The second-order valence-corrected chi connectivity index (χ2v) is 6.54. The van der Waals surface area contributed by atoms with Crippen LogP contribution >= 0.6 is 0 Å². The van der Waals surface area contributed by atoms with Crippen molar-refractivity contribution >= 4 is 6.03 Å². The molecule has 2 fully saturated rings. The van der Waals surface area contributed by atoms with E-state index in [9.17, 15) is 4.79 Å². The summed E-state index contributed by atoms with van der Waals surface area (Å²) >= 11 is 0. The van der Waals surface area contributed by atoms with E-state index in [4.69, 9.17) is 4.74 Å². The average molecular weight is 317 g/mol. The number of nitrogens with one attached hydrogen (secondary N) is 1. The van der Waals surface area contributed by atoms with Gasteiger partial charge in [0.1, 0.15) is 0 Å². The van der Waals surface area contributed by atoms with Crippen molar-refractivity contribution in [3.63, 3.8) is 0 Å². The van der Waals surface area contributed by atoms with Crippen LogP contribution in [0.2, 0.25) is 0 Å². The summed E-state index contributed by atoms with van der Waals surface area (Å²) in [4.78, 5) is 16.7. The Hall–Kier alpha value is -1.59. The fourth-order valence-corrected chi connectivity index (χ4v) is 3.33. The van der Waals surface area contributed by atoms with Gasteiger partial charge >= 0.3 is 6.03 Å². The lowest BCUT2D eigenvalue weighted by molar-refractivity contribution is 0.0800. The average Bonchev–Trinajstić information content (AvgIpc) is 3.11. The zero-order valence-corrected chi connectivity index (χ0v) is 13.9. The number of ether oxygens (including phenoxy) is 1. The van der Waals surface area contributed by atoms with Crippen LogP contribution in [0.4, 0.5) is 4.79 Å². The van der Waals surface area contributed by atoms with E-state index in [0.717, 1.165) is 52.2 Å². The van der Waals surface area contributed by atoms with E-state index < -0.39 is 0 Å². The molecule has 5 heteroatoms. The fourth-order valence-electron chi connectivity index (χ4n) is 3.33.